The second kappa shape index (κ2) is 10.6. The molecule has 0 fully saturated rings. The first kappa shape index (κ1) is 21.6. The zero-order chi connectivity index (χ0) is 21.3. The number of nitrogens with zero attached hydrogens (tertiary/aromatic N) is 1. The molecule has 156 valence electrons. The van der Waals surface area contributed by atoms with Crippen molar-refractivity contribution < 1.29 is 9.53 Å². The summed E-state index contributed by atoms with van der Waals surface area (Å²) in [5.74, 6) is 1.02. The molecule has 30 heavy (non-hydrogen) atoms. The molecule has 0 spiro atoms. The minimum atomic E-state index is -0.130. The van der Waals surface area contributed by atoms with Crippen LogP contribution in [0.1, 0.15) is 42.9 Å². The lowest BCUT2D eigenvalue weighted by molar-refractivity contribution is -0.137. The Morgan fingerprint density at radius 2 is 1.43 bits per heavy atom. The van der Waals surface area contributed by atoms with E-state index in [4.69, 9.17) is 4.74 Å². The third-order valence-electron chi connectivity index (χ3n) is 5.70. The van der Waals surface area contributed by atoms with E-state index in [1.54, 1.807) is 7.11 Å². The van der Waals surface area contributed by atoms with Crippen LogP contribution >= 0.6 is 0 Å². The lowest BCUT2D eigenvalue weighted by Crippen LogP contribution is -2.36. The molecule has 0 saturated heterocycles. The summed E-state index contributed by atoms with van der Waals surface area (Å²) in [6.45, 7) is 5.41. The van der Waals surface area contributed by atoms with Crippen molar-refractivity contribution in [3.8, 4) is 5.75 Å². The highest BCUT2D eigenvalue weighted by atomic mass is 16.5. The summed E-state index contributed by atoms with van der Waals surface area (Å²) in [4.78, 5) is 15.7. The Kier molecular flexibility index (Phi) is 7.67. The fourth-order valence-corrected chi connectivity index (χ4v) is 4.03. The maximum atomic E-state index is 13.7. The molecule has 0 aliphatic carbocycles. The minimum absolute atomic E-state index is 0.130. The van der Waals surface area contributed by atoms with Gasteiger partial charge in [0.15, 0.2) is 0 Å². The van der Waals surface area contributed by atoms with Gasteiger partial charge in [0.05, 0.1) is 7.11 Å². The third-order valence-corrected chi connectivity index (χ3v) is 5.70. The van der Waals surface area contributed by atoms with Gasteiger partial charge in [0.1, 0.15) is 5.75 Å². The number of carbonyl (C=O) groups excluding carboxylic acids is 1. The predicted octanol–water partition coefficient (Wildman–Crippen LogP) is 6.05. The monoisotopic (exact) mass is 401 g/mol. The number of rotatable bonds is 9. The molecule has 2 unspecified atom stereocenters. The van der Waals surface area contributed by atoms with Gasteiger partial charge in [-0.2, -0.15) is 0 Å². The molecule has 0 aromatic heterocycles. The number of ether oxygens (including phenoxy) is 1. The second-order valence-electron chi connectivity index (χ2n) is 7.75. The summed E-state index contributed by atoms with van der Waals surface area (Å²) in [7, 11) is 1.68. The van der Waals surface area contributed by atoms with Crippen molar-refractivity contribution >= 4 is 5.91 Å². The van der Waals surface area contributed by atoms with Crippen LogP contribution in [0.15, 0.2) is 84.9 Å². The molecular formula is C27H31NO2. The van der Waals surface area contributed by atoms with Crippen molar-refractivity contribution in [2.24, 2.45) is 5.92 Å². The van der Waals surface area contributed by atoms with Crippen LogP contribution in [0.5, 0.6) is 5.75 Å². The highest BCUT2D eigenvalue weighted by molar-refractivity contribution is 5.79. The van der Waals surface area contributed by atoms with E-state index < -0.39 is 0 Å². The molecule has 0 saturated carbocycles. The summed E-state index contributed by atoms with van der Waals surface area (Å²) in [5, 5.41) is 0. The van der Waals surface area contributed by atoms with Gasteiger partial charge in [-0.1, -0.05) is 86.6 Å². The van der Waals surface area contributed by atoms with Crippen molar-refractivity contribution in [3.63, 3.8) is 0 Å². The lowest BCUT2D eigenvalue weighted by atomic mass is 9.84. The minimum Gasteiger partial charge on any atom is -0.497 e. The van der Waals surface area contributed by atoms with E-state index in [-0.39, 0.29) is 17.7 Å². The number of carbonyl (C=O) groups is 1. The van der Waals surface area contributed by atoms with Crippen molar-refractivity contribution in [1.82, 2.24) is 4.90 Å². The maximum absolute atomic E-state index is 13.7. The molecular weight excluding hydrogens is 370 g/mol. The Labute approximate surface area is 180 Å². The van der Waals surface area contributed by atoms with Crippen LogP contribution in [0.3, 0.4) is 0 Å². The van der Waals surface area contributed by atoms with Crippen molar-refractivity contribution in [1.29, 1.82) is 0 Å². The van der Waals surface area contributed by atoms with Crippen LogP contribution in [0, 0.1) is 5.92 Å². The average molecular weight is 402 g/mol. The van der Waals surface area contributed by atoms with Crippen LogP contribution in [0.2, 0.25) is 0 Å². The fraction of sp³-hybridized carbons (Fsp3) is 0.296. The maximum Gasteiger partial charge on any atom is 0.226 e. The lowest BCUT2D eigenvalue weighted by Gasteiger charge is -2.30. The smallest absolute Gasteiger partial charge is 0.226 e. The van der Waals surface area contributed by atoms with Gasteiger partial charge < -0.3 is 9.64 Å². The number of amides is 1. The molecule has 3 heteroatoms. The van der Waals surface area contributed by atoms with Crippen molar-refractivity contribution in [3.05, 3.63) is 102 Å². The molecule has 3 rings (SSSR count). The van der Waals surface area contributed by atoms with Gasteiger partial charge in [0.25, 0.3) is 0 Å². The van der Waals surface area contributed by atoms with Gasteiger partial charge in [-0.05, 0) is 41.2 Å². The van der Waals surface area contributed by atoms with E-state index >= 15 is 0 Å². The highest BCUT2D eigenvalue weighted by Crippen LogP contribution is 2.32. The number of methoxy groups -OCH3 is 1. The topological polar surface area (TPSA) is 29.5 Å². The Balaban J connectivity index is 1.85. The first-order valence-corrected chi connectivity index (χ1v) is 10.6. The molecule has 2 atom stereocenters. The highest BCUT2D eigenvalue weighted by Gasteiger charge is 2.28. The van der Waals surface area contributed by atoms with Gasteiger partial charge in [-0.15, -0.1) is 0 Å². The number of hydrogen-bond acceptors (Lipinski definition) is 2. The Morgan fingerprint density at radius 3 is 1.93 bits per heavy atom. The molecule has 0 radical (unpaired) electrons. The molecule has 3 aromatic carbocycles. The van der Waals surface area contributed by atoms with Crippen LogP contribution in [-0.4, -0.2) is 17.9 Å². The molecule has 0 heterocycles. The molecule has 0 aliphatic heterocycles. The summed E-state index contributed by atoms with van der Waals surface area (Å²) < 4.78 is 5.40. The molecule has 3 aromatic rings. The average Bonchev–Trinajstić information content (AvgIpc) is 2.80. The van der Waals surface area contributed by atoms with Gasteiger partial charge in [0.2, 0.25) is 5.91 Å². The quantitative estimate of drug-likeness (QED) is 0.436. The van der Waals surface area contributed by atoms with Gasteiger partial charge >= 0.3 is 0 Å². The van der Waals surface area contributed by atoms with Gasteiger partial charge in [-0.25, -0.2) is 0 Å². The van der Waals surface area contributed by atoms with Crippen molar-refractivity contribution in [2.75, 3.05) is 7.11 Å². The first-order chi connectivity index (χ1) is 14.6. The SMILES string of the molecule is CCC(c1cccc(OC)c1)C(C)C(=O)N(Cc1ccccc1)Cc1ccccc1. The van der Waals surface area contributed by atoms with Crippen LogP contribution < -0.4 is 4.74 Å². The molecule has 1 amide bonds. The Bertz CT molecular complexity index is 882. The zero-order valence-corrected chi connectivity index (χ0v) is 18.1. The molecule has 0 N–H and O–H groups in total. The van der Waals surface area contributed by atoms with Gasteiger partial charge in [-0.3, -0.25) is 4.79 Å². The van der Waals surface area contributed by atoms with E-state index in [1.165, 1.54) is 0 Å². The van der Waals surface area contributed by atoms with Crippen LogP contribution in [-0.2, 0) is 17.9 Å². The van der Waals surface area contributed by atoms with Gasteiger partial charge in [0, 0.05) is 19.0 Å². The Morgan fingerprint density at radius 1 is 0.867 bits per heavy atom. The van der Waals surface area contributed by atoms with E-state index in [1.807, 2.05) is 53.4 Å². The van der Waals surface area contributed by atoms with Crippen LogP contribution in [0.4, 0.5) is 0 Å². The number of benzene rings is 3. The fourth-order valence-electron chi connectivity index (χ4n) is 4.03. The molecule has 3 nitrogen and oxygen atoms in total. The Hall–Kier alpha value is -3.07. The molecule has 0 aliphatic rings. The number of hydrogen-bond donors (Lipinski definition) is 0. The summed E-state index contributed by atoms with van der Waals surface area (Å²) in [6, 6.07) is 28.5. The third kappa shape index (κ3) is 5.50. The standard InChI is InChI=1S/C27H31NO2/c1-4-26(24-16-11-17-25(18-24)30-3)21(2)27(29)28(19-22-12-7-5-8-13-22)20-23-14-9-6-10-15-23/h5-18,21,26H,4,19-20H2,1-3H3. The zero-order valence-electron chi connectivity index (χ0n) is 18.1. The summed E-state index contributed by atoms with van der Waals surface area (Å²) in [6.07, 6.45) is 0.893. The normalized spacial score (nSPS) is 12.8. The largest absolute Gasteiger partial charge is 0.497 e. The first-order valence-electron chi connectivity index (χ1n) is 10.6. The van der Waals surface area contributed by atoms with Crippen molar-refractivity contribution in [2.45, 2.75) is 39.3 Å². The summed E-state index contributed by atoms with van der Waals surface area (Å²) >= 11 is 0. The van der Waals surface area contributed by atoms with E-state index in [9.17, 15) is 4.79 Å². The van der Waals surface area contributed by atoms with E-state index in [2.05, 4.69) is 50.2 Å². The second-order valence-corrected chi connectivity index (χ2v) is 7.75. The predicted molar refractivity (Wildman–Crippen MR) is 122 cm³/mol. The van der Waals surface area contributed by atoms with E-state index in [0.717, 1.165) is 28.9 Å². The molecule has 0 bridgehead atoms. The summed E-state index contributed by atoms with van der Waals surface area (Å²) in [5.41, 5.74) is 3.43. The van der Waals surface area contributed by atoms with Crippen LogP contribution in [0.25, 0.3) is 0 Å². The van der Waals surface area contributed by atoms with E-state index in [0.29, 0.717) is 13.1 Å².